The van der Waals surface area contributed by atoms with E-state index in [1.807, 2.05) is 13.0 Å². The van der Waals surface area contributed by atoms with Crippen LogP contribution >= 0.6 is 15.9 Å². The molecule has 0 saturated heterocycles. The zero-order chi connectivity index (χ0) is 13.8. The van der Waals surface area contributed by atoms with Gasteiger partial charge in [0.05, 0.1) is 35.2 Å². The standard InChI is InChI=1S/C12H17BrN4O2/c1-3-16-10(4-5-14-16)12(18)11-9(13)8-15-17(11)6-7-19-2/h4-5,8,12,18H,3,6-7H2,1-2H3. The van der Waals surface area contributed by atoms with Crippen LogP contribution in [0.25, 0.3) is 0 Å². The molecule has 1 atom stereocenters. The van der Waals surface area contributed by atoms with E-state index in [4.69, 9.17) is 4.74 Å². The number of aliphatic hydroxyl groups excluding tert-OH is 1. The average Bonchev–Trinajstić information content (AvgIpc) is 3.02. The van der Waals surface area contributed by atoms with Crippen LogP contribution < -0.4 is 0 Å². The van der Waals surface area contributed by atoms with E-state index < -0.39 is 6.10 Å². The molecule has 2 aromatic heterocycles. The Morgan fingerprint density at radius 1 is 1.42 bits per heavy atom. The molecule has 0 aliphatic rings. The Hall–Kier alpha value is -1.18. The van der Waals surface area contributed by atoms with Crippen LogP contribution in [0.15, 0.2) is 22.9 Å². The molecule has 2 rings (SSSR count). The Labute approximate surface area is 120 Å². The Balaban J connectivity index is 2.32. The van der Waals surface area contributed by atoms with E-state index >= 15 is 0 Å². The number of rotatable bonds is 6. The molecule has 1 N–H and O–H groups in total. The zero-order valence-electron chi connectivity index (χ0n) is 11.0. The highest BCUT2D eigenvalue weighted by molar-refractivity contribution is 9.10. The van der Waals surface area contributed by atoms with Gasteiger partial charge in [-0.1, -0.05) is 0 Å². The second kappa shape index (κ2) is 6.31. The molecule has 0 bridgehead atoms. The summed E-state index contributed by atoms with van der Waals surface area (Å²) in [4.78, 5) is 0. The van der Waals surface area contributed by atoms with Gasteiger partial charge in [-0.05, 0) is 28.9 Å². The van der Waals surface area contributed by atoms with Crippen LogP contribution in [0.3, 0.4) is 0 Å². The molecule has 0 saturated carbocycles. The number of aryl methyl sites for hydroxylation is 1. The van der Waals surface area contributed by atoms with E-state index in [2.05, 4.69) is 26.1 Å². The van der Waals surface area contributed by atoms with Gasteiger partial charge in [-0.3, -0.25) is 9.36 Å². The van der Waals surface area contributed by atoms with Crippen LogP contribution in [-0.2, 0) is 17.8 Å². The third-order valence-electron chi connectivity index (χ3n) is 2.93. The summed E-state index contributed by atoms with van der Waals surface area (Å²) in [5, 5.41) is 19.0. The number of hydrogen-bond donors (Lipinski definition) is 1. The predicted octanol–water partition coefficient (Wildman–Crippen LogP) is 1.59. The second-order valence-corrected chi connectivity index (χ2v) is 4.92. The number of aromatic nitrogens is 4. The molecule has 2 aromatic rings. The van der Waals surface area contributed by atoms with Crippen LogP contribution in [-0.4, -0.2) is 38.4 Å². The van der Waals surface area contributed by atoms with Gasteiger partial charge < -0.3 is 9.84 Å². The molecule has 0 amide bonds. The fraction of sp³-hybridized carbons (Fsp3) is 0.500. The number of nitrogens with zero attached hydrogens (tertiary/aromatic N) is 4. The summed E-state index contributed by atoms with van der Waals surface area (Å²) in [6, 6.07) is 1.81. The molecular weight excluding hydrogens is 312 g/mol. The van der Waals surface area contributed by atoms with E-state index in [0.29, 0.717) is 25.4 Å². The van der Waals surface area contributed by atoms with E-state index in [0.717, 1.165) is 10.2 Å². The monoisotopic (exact) mass is 328 g/mol. The largest absolute Gasteiger partial charge is 0.383 e. The van der Waals surface area contributed by atoms with Gasteiger partial charge in [-0.2, -0.15) is 10.2 Å². The molecule has 1 unspecified atom stereocenters. The SMILES string of the molecule is CCn1nccc1C(O)c1c(Br)cnn1CCOC. The number of halogens is 1. The molecule has 6 nitrogen and oxygen atoms in total. The molecule has 0 spiro atoms. The van der Waals surface area contributed by atoms with Gasteiger partial charge in [0.25, 0.3) is 0 Å². The van der Waals surface area contributed by atoms with Crippen molar-refractivity contribution in [1.82, 2.24) is 19.6 Å². The van der Waals surface area contributed by atoms with Crippen molar-refractivity contribution in [3.05, 3.63) is 34.3 Å². The van der Waals surface area contributed by atoms with Crippen molar-refractivity contribution in [2.75, 3.05) is 13.7 Å². The highest BCUT2D eigenvalue weighted by atomic mass is 79.9. The van der Waals surface area contributed by atoms with Crippen LogP contribution in [0.4, 0.5) is 0 Å². The average molecular weight is 329 g/mol. The van der Waals surface area contributed by atoms with Crippen molar-refractivity contribution in [1.29, 1.82) is 0 Å². The van der Waals surface area contributed by atoms with Crippen LogP contribution in [0, 0.1) is 0 Å². The summed E-state index contributed by atoms with van der Waals surface area (Å²) in [6.45, 7) is 3.83. The van der Waals surface area contributed by atoms with Crippen molar-refractivity contribution >= 4 is 15.9 Å². The van der Waals surface area contributed by atoms with E-state index in [-0.39, 0.29) is 0 Å². The molecule has 19 heavy (non-hydrogen) atoms. The van der Waals surface area contributed by atoms with Gasteiger partial charge in [-0.15, -0.1) is 0 Å². The van der Waals surface area contributed by atoms with Crippen molar-refractivity contribution in [2.45, 2.75) is 26.1 Å². The topological polar surface area (TPSA) is 65.1 Å². The van der Waals surface area contributed by atoms with Gasteiger partial charge in [0.2, 0.25) is 0 Å². The fourth-order valence-electron chi connectivity index (χ4n) is 1.98. The number of ether oxygens (including phenoxy) is 1. The first-order valence-electron chi connectivity index (χ1n) is 6.09. The summed E-state index contributed by atoms with van der Waals surface area (Å²) in [7, 11) is 1.64. The molecule has 2 heterocycles. The summed E-state index contributed by atoms with van der Waals surface area (Å²) in [6.07, 6.45) is 2.60. The Kier molecular flexibility index (Phi) is 4.73. The number of methoxy groups -OCH3 is 1. The first kappa shape index (κ1) is 14.2. The molecule has 0 fully saturated rings. The second-order valence-electron chi connectivity index (χ2n) is 4.07. The molecule has 7 heteroatoms. The number of hydrogen-bond acceptors (Lipinski definition) is 4. The first-order chi connectivity index (χ1) is 9.19. The minimum atomic E-state index is -0.767. The normalized spacial score (nSPS) is 12.8. The van der Waals surface area contributed by atoms with E-state index in [1.54, 1.807) is 28.9 Å². The summed E-state index contributed by atoms with van der Waals surface area (Å²) in [5.41, 5.74) is 1.47. The lowest BCUT2D eigenvalue weighted by Crippen LogP contribution is -2.16. The summed E-state index contributed by atoms with van der Waals surface area (Å²) in [5.74, 6) is 0. The van der Waals surface area contributed by atoms with Gasteiger partial charge in [0.1, 0.15) is 6.10 Å². The zero-order valence-corrected chi connectivity index (χ0v) is 12.5. The maximum Gasteiger partial charge on any atom is 0.138 e. The minimum absolute atomic E-state index is 0.543. The lowest BCUT2D eigenvalue weighted by molar-refractivity contribution is 0.167. The van der Waals surface area contributed by atoms with Crippen molar-refractivity contribution in [3.8, 4) is 0 Å². The van der Waals surface area contributed by atoms with Crippen LogP contribution in [0.5, 0.6) is 0 Å². The van der Waals surface area contributed by atoms with Crippen molar-refractivity contribution in [3.63, 3.8) is 0 Å². The highest BCUT2D eigenvalue weighted by Crippen LogP contribution is 2.28. The first-order valence-corrected chi connectivity index (χ1v) is 6.88. The van der Waals surface area contributed by atoms with Crippen LogP contribution in [0.1, 0.15) is 24.4 Å². The fourth-order valence-corrected chi connectivity index (χ4v) is 2.49. The van der Waals surface area contributed by atoms with Gasteiger partial charge in [0.15, 0.2) is 0 Å². The van der Waals surface area contributed by atoms with Crippen LogP contribution in [0.2, 0.25) is 0 Å². The molecule has 104 valence electrons. The third-order valence-corrected chi connectivity index (χ3v) is 3.54. The predicted molar refractivity (Wildman–Crippen MR) is 73.8 cm³/mol. The molecule has 0 aromatic carbocycles. The van der Waals surface area contributed by atoms with Crippen molar-refractivity contribution in [2.24, 2.45) is 0 Å². The molecule has 0 radical (unpaired) electrons. The lowest BCUT2D eigenvalue weighted by Gasteiger charge is -2.15. The summed E-state index contributed by atoms with van der Waals surface area (Å²) >= 11 is 3.43. The number of aliphatic hydroxyl groups is 1. The van der Waals surface area contributed by atoms with Gasteiger partial charge >= 0.3 is 0 Å². The van der Waals surface area contributed by atoms with Gasteiger partial charge in [0, 0.05) is 19.9 Å². The van der Waals surface area contributed by atoms with Crippen molar-refractivity contribution < 1.29 is 9.84 Å². The Morgan fingerprint density at radius 3 is 2.89 bits per heavy atom. The van der Waals surface area contributed by atoms with E-state index in [1.165, 1.54) is 0 Å². The highest BCUT2D eigenvalue weighted by Gasteiger charge is 2.22. The maximum atomic E-state index is 10.6. The minimum Gasteiger partial charge on any atom is -0.383 e. The van der Waals surface area contributed by atoms with E-state index in [9.17, 15) is 5.11 Å². The third kappa shape index (κ3) is 2.88. The Bertz CT molecular complexity index is 538. The molecule has 0 aliphatic carbocycles. The maximum absolute atomic E-state index is 10.6. The summed E-state index contributed by atoms with van der Waals surface area (Å²) < 4.78 is 9.34. The smallest absolute Gasteiger partial charge is 0.138 e. The lowest BCUT2D eigenvalue weighted by atomic mass is 10.2. The quantitative estimate of drug-likeness (QED) is 0.874. The molecular formula is C12H17BrN4O2. The van der Waals surface area contributed by atoms with Gasteiger partial charge in [-0.25, -0.2) is 0 Å². The Morgan fingerprint density at radius 2 is 2.21 bits per heavy atom. The molecule has 0 aliphatic heterocycles.